The molecule has 3 aromatic rings. The van der Waals surface area contributed by atoms with Gasteiger partial charge in [-0.3, -0.25) is 9.88 Å². The zero-order valence-corrected chi connectivity index (χ0v) is 22.7. The Morgan fingerprint density at radius 1 is 1.05 bits per heavy atom. The first-order valence-electron chi connectivity index (χ1n) is 12.7. The molecular weight excluding hydrogens is 494 g/mol. The minimum atomic E-state index is -1.28. The first kappa shape index (κ1) is 27.6. The lowest BCUT2D eigenvalue weighted by Gasteiger charge is -2.36. The average Bonchev–Trinajstić information content (AvgIpc) is 3.30. The third-order valence-electron chi connectivity index (χ3n) is 6.28. The van der Waals surface area contributed by atoms with Crippen LogP contribution >= 0.6 is 0 Å². The fourth-order valence-electron chi connectivity index (χ4n) is 4.50. The van der Waals surface area contributed by atoms with Gasteiger partial charge in [-0.05, 0) is 62.7 Å². The molecule has 1 aliphatic heterocycles. The molecule has 1 aromatic heterocycles. The van der Waals surface area contributed by atoms with E-state index in [9.17, 15) is 14.9 Å². The molecule has 0 atom stereocenters. The summed E-state index contributed by atoms with van der Waals surface area (Å²) < 4.78 is 10.9. The Balaban J connectivity index is 1.70. The molecule has 0 saturated heterocycles. The van der Waals surface area contributed by atoms with Crippen LogP contribution in [0.25, 0.3) is 0 Å². The predicted molar refractivity (Wildman–Crippen MR) is 148 cm³/mol. The van der Waals surface area contributed by atoms with Crippen LogP contribution in [0.3, 0.4) is 0 Å². The van der Waals surface area contributed by atoms with Gasteiger partial charge in [0.25, 0.3) is 0 Å². The van der Waals surface area contributed by atoms with Crippen molar-refractivity contribution in [3.63, 3.8) is 0 Å². The number of rotatable bonds is 9. The van der Waals surface area contributed by atoms with Gasteiger partial charge in [-0.25, -0.2) is 9.59 Å². The standard InChI is InChI=1S/C30H33N5O4/c1-29(2,3)39-28(37)30(33-25-10-5-6-11-26(25)34-30)20-35(16-14-23-9-7-8-15-32-23)19-22-13-12-21(18-31)17-24(22)27(36)38-4/h5-13,15,17,33-34H,14,16,19-20H2,1-4H3. The van der Waals surface area contributed by atoms with E-state index in [1.165, 1.54) is 13.2 Å². The van der Waals surface area contributed by atoms with Crippen LogP contribution in [-0.4, -0.2) is 53.3 Å². The fraction of sp³-hybridized carbons (Fsp3) is 0.333. The number of ether oxygens (including phenoxy) is 2. The van der Waals surface area contributed by atoms with Crippen LogP contribution in [0.2, 0.25) is 0 Å². The summed E-state index contributed by atoms with van der Waals surface area (Å²) in [6.45, 7) is 6.55. The minimum absolute atomic E-state index is 0.212. The van der Waals surface area contributed by atoms with Crippen LogP contribution in [0.4, 0.5) is 11.4 Å². The van der Waals surface area contributed by atoms with Crippen LogP contribution in [0, 0.1) is 11.3 Å². The normalized spacial score (nSPS) is 13.5. The molecule has 1 aliphatic rings. The smallest absolute Gasteiger partial charge is 0.354 e. The van der Waals surface area contributed by atoms with Crippen molar-refractivity contribution >= 4 is 23.3 Å². The number of benzene rings is 2. The van der Waals surface area contributed by atoms with Gasteiger partial charge in [-0.1, -0.05) is 24.3 Å². The fourth-order valence-corrected chi connectivity index (χ4v) is 4.50. The quantitative estimate of drug-likeness (QED) is 0.392. The molecular formula is C30H33N5O4. The Morgan fingerprint density at radius 3 is 2.33 bits per heavy atom. The highest BCUT2D eigenvalue weighted by Crippen LogP contribution is 2.36. The number of carbonyl (C=O) groups is 2. The van der Waals surface area contributed by atoms with Crippen molar-refractivity contribution in [3.05, 3.63) is 89.2 Å². The summed E-state index contributed by atoms with van der Waals surface area (Å²) >= 11 is 0. The molecule has 0 unspecified atom stereocenters. The maximum atomic E-state index is 13.7. The molecule has 0 bridgehead atoms. The van der Waals surface area contributed by atoms with Crippen molar-refractivity contribution in [3.8, 4) is 6.07 Å². The maximum Gasteiger partial charge on any atom is 0.354 e. The molecule has 2 heterocycles. The summed E-state index contributed by atoms with van der Waals surface area (Å²) in [6.07, 6.45) is 2.36. The Bertz CT molecular complexity index is 1350. The number of pyridine rings is 1. The van der Waals surface area contributed by atoms with Gasteiger partial charge in [0.05, 0.1) is 42.2 Å². The van der Waals surface area contributed by atoms with E-state index in [0.29, 0.717) is 36.2 Å². The lowest BCUT2D eigenvalue weighted by molar-refractivity contribution is -0.160. The van der Waals surface area contributed by atoms with Gasteiger partial charge in [0.2, 0.25) is 5.66 Å². The van der Waals surface area contributed by atoms with Gasteiger partial charge in [0.15, 0.2) is 0 Å². The summed E-state index contributed by atoms with van der Waals surface area (Å²) in [4.78, 5) is 32.9. The summed E-state index contributed by atoms with van der Waals surface area (Å²) in [5.74, 6) is -0.972. The number of nitrogens with zero attached hydrogens (tertiary/aromatic N) is 3. The monoisotopic (exact) mass is 527 g/mol. The van der Waals surface area contributed by atoms with Gasteiger partial charge >= 0.3 is 11.9 Å². The van der Waals surface area contributed by atoms with Crippen LogP contribution in [0.1, 0.15) is 48.0 Å². The molecule has 9 heteroatoms. The Kier molecular flexibility index (Phi) is 8.17. The molecule has 39 heavy (non-hydrogen) atoms. The van der Waals surface area contributed by atoms with Gasteiger partial charge in [0, 0.05) is 31.4 Å². The van der Waals surface area contributed by atoms with Crippen LogP contribution < -0.4 is 10.6 Å². The van der Waals surface area contributed by atoms with Crippen molar-refractivity contribution in [2.45, 2.75) is 45.0 Å². The molecule has 0 amide bonds. The number of nitrogens with one attached hydrogen (secondary N) is 2. The highest BCUT2D eigenvalue weighted by molar-refractivity contribution is 5.95. The molecule has 2 aromatic carbocycles. The van der Waals surface area contributed by atoms with Crippen LogP contribution in [-0.2, 0) is 27.2 Å². The van der Waals surface area contributed by atoms with Crippen LogP contribution in [0.5, 0.6) is 0 Å². The van der Waals surface area contributed by atoms with E-state index < -0.39 is 23.2 Å². The lowest BCUT2D eigenvalue weighted by atomic mass is 10.0. The molecule has 9 nitrogen and oxygen atoms in total. The van der Waals surface area contributed by atoms with Crippen molar-refractivity contribution in [2.75, 3.05) is 30.8 Å². The van der Waals surface area contributed by atoms with Gasteiger partial charge in [-0.15, -0.1) is 0 Å². The number of methoxy groups -OCH3 is 1. The number of aromatic nitrogens is 1. The molecule has 0 fully saturated rings. The minimum Gasteiger partial charge on any atom is -0.465 e. The maximum absolute atomic E-state index is 13.7. The lowest BCUT2D eigenvalue weighted by Crippen LogP contribution is -2.59. The third kappa shape index (κ3) is 6.72. The second-order valence-electron chi connectivity index (χ2n) is 10.5. The van der Waals surface area contributed by atoms with Gasteiger partial charge in [0.1, 0.15) is 5.60 Å². The summed E-state index contributed by atoms with van der Waals surface area (Å²) in [5, 5.41) is 16.1. The zero-order chi connectivity index (χ0) is 28.0. The number of anilines is 2. The van der Waals surface area contributed by atoms with E-state index in [1.807, 2.05) is 63.2 Å². The van der Waals surface area contributed by atoms with Crippen molar-refractivity contribution in [2.24, 2.45) is 0 Å². The van der Waals surface area contributed by atoms with E-state index in [1.54, 1.807) is 18.3 Å². The number of nitriles is 1. The highest BCUT2D eigenvalue weighted by Gasteiger charge is 2.47. The number of carbonyl (C=O) groups excluding carboxylic acids is 2. The molecule has 2 N–H and O–H groups in total. The van der Waals surface area contributed by atoms with Gasteiger partial charge in [-0.2, -0.15) is 5.26 Å². The molecule has 0 aliphatic carbocycles. The number of esters is 2. The SMILES string of the molecule is COC(=O)c1cc(C#N)ccc1CN(CCc1ccccn1)CC1(C(=O)OC(C)(C)C)Nc2ccccc2N1. The zero-order valence-electron chi connectivity index (χ0n) is 22.7. The van der Waals surface area contributed by atoms with Crippen molar-refractivity contribution in [1.82, 2.24) is 9.88 Å². The number of fused-ring (bicyclic) bond motifs is 1. The topological polar surface area (TPSA) is 117 Å². The van der Waals surface area contributed by atoms with E-state index in [4.69, 9.17) is 9.47 Å². The second kappa shape index (κ2) is 11.5. The second-order valence-corrected chi connectivity index (χ2v) is 10.5. The molecule has 0 radical (unpaired) electrons. The van der Waals surface area contributed by atoms with Crippen molar-refractivity contribution < 1.29 is 19.1 Å². The largest absolute Gasteiger partial charge is 0.465 e. The molecule has 0 spiro atoms. The molecule has 4 rings (SSSR count). The summed E-state index contributed by atoms with van der Waals surface area (Å²) in [6, 6.07) is 20.4. The van der Waals surface area contributed by atoms with E-state index in [2.05, 4.69) is 26.6 Å². The van der Waals surface area contributed by atoms with E-state index in [0.717, 1.165) is 17.1 Å². The Labute approximate surface area is 228 Å². The summed E-state index contributed by atoms with van der Waals surface area (Å²) in [5.41, 5.74) is 1.85. The van der Waals surface area contributed by atoms with E-state index in [-0.39, 0.29) is 6.54 Å². The third-order valence-corrected chi connectivity index (χ3v) is 6.28. The number of hydrogen-bond donors (Lipinski definition) is 2. The Morgan fingerprint density at radius 2 is 1.74 bits per heavy atom. The Hall–Kier alpha value is -4.42. The number of para-hydroxylation sites is 2. The molecule has 0 saturated carbocycles. The molecule has 202 valence electrons. The summed E-state index contributed by atoms with van der Waals surface area (Å²) in [7, 11) is 1.31. The highest BCUT2D eigenvalue weighted by atomic mass is 16.6. The van der Waals surface area contributed by atoms with Crippen LogP contribution in [0.15, 0.2) is 66.9 Å². The first-order valence-corrected chi connectivity index (χ1v) is 12.7. The van der Waals surface area contributed by atoms with Gasteiger partial charge < -0.3 is 20.1 Å². The number of hydrogen-bond acceptors (Lipinski definition) is 9. The first-order chi connectivity index (χ1) is 18.6. The predicted octanol–water partition coefficient (Wildman–Crippen LogP) is 4.36. The van der Waals surface area contributed by atoms with Crippen molar-refractivity contribution in [1.29, 1.82) is 5.26 Å². The van der Waals surface area contributed by atoms with E-state index >= 15 is 0 Å². The average molecular weight is 528 g/mol.